The number of ether oxygens (including phenoxy) is 1. The van der Waals surface area contributed by atoms with E-state index in [1.165, 1.54) is 6.07 Å². The number of nitrogens with zero attached hydrogens (tertiary/aromatic N) is 2. The molecule has 0 atom stereocenters. The molecule has 1 aliphatic rings. The van der Waals surface area contributed by atoms with Crippen LogP contribution in [0.3, 0.4) is 0 Å². The van der Waals surface area contributed by atoms with Gasteiger partial charge in [-0.25, -0.2) is 4.39 Å². The molecule has 0 radical (unpaired) electrons. The quantitative estimate of drug-likeness (QED) is 0.714. The summed E-state index contributed by atoms with van der Waals surface area (Å²) in [6, 6.07) is 13.9. The second kappa shape index (κ2) is 7.55. The summed E-state index contributed by atoms with van der Waals surface area (Å²) >= 11 is 6.17. The average molecular weight is 385 g/mol. The zero-order chi connectivity index (χ0) is 18.8. The summed E-state index contributed by atoms with van der Waals surface area (Å²) in [5.74, 6) is 0.230. The zero-order valence-electron chi connectivity index (χ0n) is 14.5. The standard InChI is InChI=1S/C21H18ClFN2O2/c22-17-4-3-5-18(23)16(17)13-25-8-9-27-21-15(12-25)10-14(11-20(21)26)19-6-1-2-7-24-19/h1-7,10-11,26H,8-9,12-13H2. The highest BCUT2D eigenvalue weighted by Crippen LogP contribution is 2.37. The van der Waals surface area contributed by atoms with Gasteiger partial charge in [0.05, 0.1) is 5.69 Å². The monoisotopic (exact) mass is 384 g/mol. The van der Waals surface area contributed by atoms with Crippen LogP contribution >= 0.6 is 11.6 Å². The number of phenols is 1. The molecule has 2 aromatic carbocycles. The van der Waals surface area contributed by atoms with Crippen LogP contribution in [-0.2, 0) is 13.1 Å². The van der Waals surface area contributed by atoms with Crippen molar-refractivity contribution in [3.8, 4) is 22.8 Å². The minimum atomic E-state index is -0.321. The van der Waals surface area contributed by atoms with Crippen LogP contribution in [0.2, 0.25) is 5.02 Å². The molecule has 4 rings (SSSR count). The molecular weight excluding hydrogens is 367 g/mol. The van der Waals surface area contributed by atoms with E-state index in [1.54, 1.807) is 24.4 Å². The van der Waals surface area contributed by atoms with Crippen molar-refractivity contribution in [1.82, 2.24) is 9.88 Å². The van der Waals surface area contributed by atoms with Crippen LogP contribution in [0.25, 0.3) is 11.3 Å². The Morgan fingerprint density at radius 3 is 2.85 bits per heavy atom. The van der Waals surface area contributed by atoms with Gasteiger partial charge < -0.3 is 9.84 Å². The maximum Gasteiger partial charge on any atom is 0.165 e. The predicted octanol–water partition coefficient (Wildman–Crippen LogP) is 4.64. The van der Waals surface area contributed by atoms with E-state index in [1.807, 2.05) is 24.3 Å². The van der Waals surface area contributed by atoms with Crippen LogP contribution in [0.15, 0.2) is 54.7 Å². The Morgan fingerprint density at radius 1 is 1.19 bits per heavy atom. The number of pyridine rings is 1. The van der Waals surface area contributed by atoms with E-state index in [0.717, 1.165) is 16.8 Å². The van der Waals surface area contributed by atoms with Crippen LogP contribution in [0.1, 0.15) is 11.1 Å². The Kier molecular flexibility index (Phi) is 4.97. The van der Waals surface area contributed by atoms with Gasteiger partial charge >= 0.3 is 0 Å². The molecule has 27 heavy (non-hydrogen) atoms. The first-order valence-corrected chi connectivity index (χ1v) is 9.05. The Bertz CT molecular complexity index is 946. The second-order valence-corrected chi connectivity index (χ2v) is 6.87. The maximum absolute atomic E-state index is 14.2. The smallest absolute Gasteiger partial charge is 0.165 e. The topological polar surface area (TPSA) is 45.6 Å². The SMILES string of the molecule is Oc1cc(-c2ccccn2)cc2c1OCCN(Cc1c(F)cccc1Cl)C2. The van der Waals surface area contributed by atoms with Crippen LogP contribution in [0.5, 0.6) is 11.5 Å². The lowest BCUT2D eigenvalue weighted by molar-refractivity contribution is 0.215. The summed E-state index contributed by atoms with van der Waals surface area (Å²) in [5, 5.41) is 10.8. The Hall–Kier alpha value is -2.63. The fourth-order valence-electron chi connectivity index (χ4n) is 3.28. The van der Waals surface area contributed by atoms with E-state index in [4.69, 9.17) is 16.3 Å². The molecule has 1 aromatic heterocycles. The van der Waals surface area contributed by atoms with Gasteiger partial charge in [-0.3, -0.25) is 9.88 Å². The van der Waals surface area contributed by atoms with E-state index in [2.05, 4.69) is 9.88 Å². The molecule has 3 aromatic rings. The van der Waals surface area contributed by atoms with Gasteiger partial charge in [0.25, 0.3) is 0 Å². The van der Waals surface area contributed by atoms with E-state index >= 15 is 0 Å². The first kappa shape index (κ1) is 17.8. The number of hydrogen-bond donors (Lipinski definition) is 1. The van der Waals surface area contributed by atoms with Gasteiger partial charge in [0.2, 0.25) is 0 Å². The highest BCUT2D eigenvalue weighted by molar-refractivity contribution is 6.31. The fraction of sp³-hybridized carbons (Fsp3) is 0.190. The van der Waals surface area contributed by atoms with Crippen LogP contribution in [0.4, 0.5) is 4.39 Å². The van der Waals surface area contributed by atoms with Gasteiger partial charge in [0, 0.05) is 47.5 Å². The Morgan fingerprint density at radius 2 is 2.07 bits per heavy atom. The summed E-state index contributed by atoms with van der Waals surface area (Å²) in [6.07, 6.45) is 1.71. The first-order chi connectivity index (χ1) is 13.1. The van der Waals surface area contributed by atoms with Gasteiger partial charge in [-0.1, -0.05) is 23.7 Å². The molecule has 1 aliphatic heterocycles. The van der Waals surface area contributed by atoms with E-state index in [-0.39, 0.29) is 11.6 Å². The molecule has 0 aliphatic carbocycles. The van der Waals surface area contributed by atoms with E-state index < -0.39 is 0 Å². The molecule has 0 spiro atoms. The van der Waals surface area contributed by atoms with Crippen molar-refractivity contribution in [2.75, 3.05) is 13.2 Å². The number of benzene rings is 2. The normalized spacial score (nSPS) is 14.3. The minimum absolute atomic E-state index is 0.0823. The molecule has 0 saturated heterocycles. The van der Waals surface area contributed by atoms with Gasteiger partial charge in [-0.15, -0.1) is 0 Å². The highest BCUT2D eigenvalue weighted by atomic mass is 35.5. The van der Waals surface area contributed by atoms with E-state index in [0.29, 0.717) is 42.6 Å². The molecule has 0 fully saturated rings. The third-order valence-corrected chi connectivity index (χ3v) is 4.95. The molecule has 0 saturated carbocycles. The van der Waals surface area contributed by atoms with Crippen LogP contribution in [-0.4, -0.2) is 28.1 Å². The van der Waals surface area contributed by atoms with E-state index in [9.17, 15) is 9.50 Å². The van der Waals surface area contributed by atoms with Gasteiger partial charge in [0.1, 0.15) is 12.4 Å². The van der Waals surface area contributed by atoms with Gasteiger partial charge in [-0.05, 0) is 36.4 Å². The number of phenolic OH excluding ortho intramolecular Hbond substituents is 1. The summed E-state index contributed by atoms with van der Waals surface area (Å²) in [4.78, 5) is 6.39. The molecule has 1 N–H and O–H groups in total. The molecule has 2 heterocycles. The molecule has 0 amide bonds. The summed E-state index contributed by atoms with van der Waals surface area (Å²) in [6.45, 7) is 1.87. The molecule has 0 unspecified atom stereocenters. The van der Waals surface area contributed by atoms with Crippen molar-refractivity contribution in [3.63, 3.8) is 0 Å². The lowest BCUT2D eigenvalue weighted by Crippen LogP contribution is -2.25. The van der Waals surface area contributed by atoms with Crippen molar-refractivity contribution in [3.05, 3.63) is 76.7 Å². The van der Waals surface area contributed by atoms with Crippen molar-refractivity contribution >= 4 is 11.6 Å². The third kappa shape index (κ3) is 3.75. The fourth-order valence-corrected chi connectivity index (χ4v) is 3.50. The number of fused-ring (bicyclic) bond motifs is 1. The average Bonchev–Trinajstić information content (AvgIpc) is 2.88. The largest absolute Gasteiger partial charge is 0.504 e. The van der Waals surface area contributed by atoms with Crippen molar-refractivity contribution in [2.24, 2.45) is 0 Å². The van der Waals surface area contributed by atoms with Crippen LogP contribution in [0, 0.1) is 5.82 Å². The van der Waals surface area contributed by atoms with Gasteiger partial charge in [0.15, 0.2) is 11.5 Å². The first-order valence-electron chi connectivity index (χ1n) is 8.67. The summed E-state index contributed by atoms with van der Waals surface area (Å²) < 4.78 is 19.9. The lowest BCUT2D eigenvalue weighted by Gasteiger charge is -2.20. The number of rotatable bonds is 3. The number of aromatic hydroxyl groups is 1. The van der Waals surface area contributed by atoms with Crippen molar-refractivity contribution < 1.29 is 14.2 Å². The number of halogens is 2. The molecule has 138 valence electrons. The second-order valence-electron chi connectivity index (χ2n) is 6.46. The predicted molar refractivity (Wildman–Crippen MR) is 102 cm³/mol. The molecule has 6 heteroatoms. The van der Waals surface area contributed by atoms with Crippen molar-refractivity contribution in [2.45, 2.75) is 13.1 Å². The number of hydrogen-bond acceptors (Lipinski definition) is 4. The lowest BCUT2D eigenvalue weighted by atomic mass is 10.0. The zero-order valence-corrected chi connectivity index (χ0v) is 15.3. The molecule has 4 nitrogen and oxygen atoms in total. The Balaban J connectivity index is 1.66. The molecular formula is C21H18ClFN2O2. The Labute approximate surface area is 161 Å². The van der Waals surface area contributed by atoms with Crippen molar-refractivity contribution in [1.29, 1.82) is 0 Å². The summed E-state index contributed by atoms with van der Waals surface area (Å²) in [5.41, 5.74) is 2.87. The number of aromatic nitrogens is 1. The van der Waals surface area contributed by atoms with Gasteiger partial charge in [-0.2, -0.15) is 0 Å². The maximum atomic E-state index is 14.2. The highest BCUT2D eigenvalue weighted by Gasteiger charge is 2.21. The summed E-state index contributed by atoms with van der Waals surface area (Å²) in [7, 11) is 0. The molecule has 0 bridgehead atoms. The third-order valence-electron chi connectivity index (χ3n) is 4.60. The van der Waals surface area contributed by atoms with Crippen LogP contribution < -0.4 is 4.74 Å². The minimum Gasteiger partial charge on any atom is -0.504 e.